The minimum Gasteiger partial charge on any atom is -0.457 e. The topological polar surface area (TPSA) is 18.5 Å². The van der Waals surface area contributed by atoms with E-state index in [0.717, 1.165) is 26.6 Å². The Bertz CT molecular complexity index is 877. The van der Waals surface area contributed by atoms with Gasteiger partial charge in [-0.05, 0) is 53.6 Å². The SMILES string of the molecule is CC(C)(COCc1cc(Oc2ccccc2)ccc1Br)c1ccc(Cl)cc1. The third-order valence-corrected chi connectivity index (χ3v) is 5.37. The molecule has 0 aliphatic heterocycles. The van der Waals surface area contributed by atoms with Crippen molar-refractivity contribution < 1.29 is 9.47 Å². The number of hydrogen-bond acceptors (Lipinski definition) is 2. The molecule has 0 saturated heterocycles. The summed E-state index contributed by atoms with van der Waals surface area (Å²) in [5, 5.41) is 0.745. The van der Waals surface area contributed by atoms with Gasteiger partial charge in [0.15, 0.2) is 0 Å². The van der Waals surface area contributed by atoms with Crippen molar-refractivity contribution in [1.82, 2.24) is 0 Å². The molecule has 0 unspecified atom stereocenters. The molecule has 3 aromatic carbocycles. The first kappa shape index (κ1) is 19.9. The molecule has 0 spiro atoms. The Morgan fingerprint density at radius 2 is 1.59 bits per heavy atom. The van der Waals surface area contributed by atoms with E-state index in [-0.39, 0.29) is 5.41 Å². The van der Waals surface area contributed by atoms with E-state index in [9.17, 15) is 0 Å². The molecule has 2 nitrogen and oxygen atoms in total. The van der Waals surface area contributed by atoms with Crippen molar-refractivity contribution in [3.8, 4) is 11.5 Å². The van der Waals surface area contributed by atoms with Gasteiger partial charge in [-0.2, -0.15) is 0 Å². The normalized spacial score (nSPS) is 11.4. The Morgan fingerprint density at radius 1 is 0.889 bits per heavy atom. The van der Waals surface area contributed by atoms with Crippen molar-refractivity contribution >= 4 is 27.5 Å². The van der Waals surface area contributed by atoms with E-state index < -0.39 is 0 Å². The largest absolute Gasteiger partial charge is 0.457 e. The summed E-state index contributed by atoms with van der Waals surface area (Å²) >= 11 is 9.59. The van der Waals surface area contributed by atoms with Crippen LogP contribution in [-0.4, -0.2) is 6.61 Å². The highest BCUT2D eigenvalue weighted by molar-refractivity contribution is 9.10. The lowest BCUT2D eigenvalue weighted by molar-refractivity contribution is 0.0821. The maximum Gasteiger partial charge on any atom is 0.127 e. The van der Waals surface area contributed by atoms with Gasteiger partial charge in [0.1, 0.15) is 11.5 Å². The Hall–Kier alpha value is -1.81. The molecular weight excluding hydrogens is 424 g/mol. The molecule has 0 radical (unpaired) electrons. The van der Waals surface area contributed by atoms with Crippen molar-refractivity contribution in [1.29, 1.82) is 0 Å². The van der Waals surface area contributed by atoms with Gasteiger partial charge >= 0.3 is 0 Å². The van der Waals surface area contributed by atoms with Gasteiger partial charge in [0.25, 0.3) is 0 Å². The number of benzene rings is 3. The van der Waals surface area contributed by atoms with Crippen LogP contribution in [0.15, 0.2) is 77.3 Å². The van der Waals surface area contributed by atoms with E-state index in [4.69, 9.17) is 21.1 Å². The molecule has 0 atom stereocenters. The fourth-order valence-electron chi connectivity index (χ4n) is 2.75. The predicted molar refractivity (Wildman–Crippen MR) is 115 cm³/mol. The Labute approximate surface area is 174 Å². The lowest BCUT2D eigenvalue weighted by Gasteiger charge is -2.25. The molecule has 3 rings (SSSR count). The molecule has 3 aromatic rings. The zero-order valence-electron chi connectivity index (χ0n) is 15.4. The minimum absolute atomic E-state index is 0.102. The molecule has 0 aliphatic rings. The van der Waals surface area contributed by atoms with Crippen LogP contribution in [0.3, 0.4) is 0 Å². The lowest BCUT2D eigenvalue weighted by atomic mass is 9.86. The molecular formula is C23H22BrClO2. The number of halogens is 2. The first-order valence-electron chi connectivity index (χ1n) is 8.79. The molecule has 0 amide bonds. The first-order valence-corrected chi connectivity index (χ1v) is 9.96. The Morgan fingerprint density at radius 3 is 2.30 bits per heavy atom. The summed E-state index contributed by atoms with van der Waals surface area (Å²) in [5.41, 5.74) is 2.15. The van der Waals surface area contributed by atoms with Crippen LogP contribution < -0.4 is 4.74 Å². The highest BCUT2D eigenvalue weighted by Crippen LogP contribution is 2.29. The lowest BCUT2D eigenvalue weighted by Crippen LogP contribution is -2.24. The summed E-state index contributed by atoms with van der Waals surface area (Å²) in [6.07, 6.45) is 0. The molecule has 27 heavy (non-hydrogen) atoms. The van der Waals surface area contributed by atoms with Gasteiger partial charge in [0.05, 0.1) is 13.2 Å². The second-order valence-electron chi connectivity index (χ2n) is 7.05. The van der Waals surface area contributed by atoms with Gasteiger partial charge in [0.2, 0.25) is 0 Å². The highest BCUT2D eigenvalue weighted by Gasteiger charge is 2.21. The first-order chi connectivity index (χ1) is 12.9. The van der Waals surface area contributed by atoms with Crippen LogP contribution in [0, 0.1) is 0 Å². The Kier molecular flexibility index (Phi) is 6.59. The second-order valence-corrected chi connectivity index (χ2v) is 8.34. The average Bonchev–Trinajstić information content (AvgIpc) is 2.65. The standard InChI is InChI=1S/C23H22BrClO2/c1-23(2,18-8-10-19(25)11-9-18)16-26-15-17-14-21(12-13-22(17)24)27-20-6-4-3-5-7-20/h3-14H,15-16H2,1-2H3. The summed E-state index contributed by atoms with van der Waals surface area (Å²) in [6, 6.07) is 23.6. The number of hydrogen-bond donors (Lipinski definition) is 0. The monoisotopic (exact) mass is 444 g/mol. The molecule has 0 fully saturated rings. The van der Waals surface area contributed by atoms with Crippen molar-refractivity contribution in [2.45, 2.75) is 25.9 Å². The van der Waals surface area contributed by atoms with Crippen LogP contribution in [0.4, 0.5) is 0 Å². The van der Waals surface area contributed by atoms with Crippen LogP contribution in [0.5, 0.6) is 11.5 Å². The predicted octanol–water partition coefficient (Wildman–Crippen LogP) is 7.39. The van der Waals surface area contributed by atoms with Gasteiger partial charge in [-0.15, -0.1) is 0 Å². The Balaban J connectivity index is 1.63. The molecule has 140 valence electrons. The molecule has 0 heterocycles. The molecule has 0 bridgehead atoms. The zero-order valence-corrected chi connectivity index (χ0v) is 17.8. The van der Waals surface area contributed by atoms with Crippen LogP contribution >= 0.6 is 27.5 Å². The molecule has 4 heteroatoms. The average molecular weight is 446 g/mol. The maximum absolute atomic E-state index is 6.04. The van der Waals surface area contributed by atoms with Gasteiger partial charge in [-0.1, -0.05) is 71.7 Å². The van der Waals surface area contributed by atoms with Gasteiger partial charge < -0.3 is 9.47 Å². The number of para-hydroxylation sites is 1. The minimum atomic E-state index is -0.102. The fraction of sp³-hybridized carbons (Fsp3) is 0.217. The van der Waals surface area contributed by atoms with E-state index in [1.165, 1.54) is 5.56 Å². The van der Waals surface area contributed by atoms with Crippen molar-refractivity contribution in [3.05, 3.63) is 93.4 Å². The smallest absolute Gasteiger partial charge is 0.127 e. The van der Waals surface area contributed by atoms with Crippen molar-refractivity contribution in [2.75, 3.05) is 6.61 Å². The van der Waals surface area contributed by atoms with Crippen molar-refractivity contribution in [2.24, 2.45) is 0 Å². The third-order valence-electron chi connectivity index (χ3n) is 4.34. The maximum atomic E-state index is 6.04. The summed E-state index contributed by atoms with van der Waals surface area (Å²) < 4.78 is 13.0. The molecule has 0 aliphatic carbocycles. The van der Waals surface area contributed by atoms with E-state index in [2.05, 4.69) is 41.9 Å². The summed E-state index contributed by atoms with van der Waals surface area (Å²) in [6.45, 7) is 5.44. The van der Waals surface area contributed by atoms with Gasteiger partial charge in [0, 0.05) is 14.9 Å². The quantitative estimate of drug-likeness (QED) is 0.377. The highest BCUT2D eigenvalue weighted by atomic mass is 79.9. The van der Waals surface area contributed by atoms with Gasteiger partial charge in [-0.3, -0.25) is 0 Å². The van der Waals surface area contributed by atoms with E-state index in [1.807, 2.05) is 60.7 Å². The van der Waals surface area contributed by atoms with Crippen LogP contribution in [-0.2, 0) is 16.8 Å². The summed E-state index contributed by atoms with van der Waals surface area (Å²) in [5.74, 6) is 1.61. The van der Waals surface area contributed by atoms with Crippen LogP contribution in [0.25, 0.3) is 0 Å². The molecule has 0 N–H and O–H groups in total. The van der Waals surface area contributed by atoms with Crippen LogP contribution in [0.2, 0.25) is 5.02 Å². The van der Waals surface area contributed by atoms with Crippen LogP contribution in [0.1, 0.15) is 25.0 Å². The second kappa shape index (κ2) is 8.92. The molecule has 0 saturated carbocycles. The van der Waals surface area contributed by atoms with E-state index >= 15 is 0 Å². The van der Waals surface area contributed by atoms with Crippen molar-refractivity contribution in [3.63, 3.8) is 0 Å². The van der Waals surface area contributed by atoms with Gasteiger partial charge in [-0.25, -0.2) is 0 Å². The number of rotatable bonds is 7. The summed E-state index contributed by atoms with van der Waals surface area (Å²) in [7, 11) is 0. The fourth-order valence-corrected chi connectivity index (χ4v) is 3.24. The molecule has 0 aromatic heterocycles. The van der Waals surface area contributed by atoms with E-state index in [0.29, 0.717) is 13.2 Å². The number of ether oxygens (including phenoxy) is 2. The third kappa shape index (κ3) is 5.58. The van der Waals surface area contributed by atoms with E-state index in [1.54, 1.807) is 0 Å². The zero-order chi connectivity index (χ0) is 19.3. The summed E-state index contributed by atoms with van der Waals surface area (Å²) in [4.78, 5) is 0.